The normalized spacial score (nSPS) is 15.6. The lowest BCUT2D eigenvalue weighted by Crippen LogP contribution is -2.58. The molecule has 2 aromatic carbocycles. The molecule has 0 spiro atoms. The van der Waals surface area contributed by atoms with Gasteiger partial charge >= 0.3 is 18.0 Å². The van der Waals surface area contributed by atoms with Gasteiger partial charge in [-0.05, 0) is 95.4 Å². The number of benzene rings is 2. The van der Waals surface area contributed by atoms with E-state index in [2.05, 4.69) is 39.2 Å². The zero-order chi connectivity index (χ0) is 42.2. The van der Waals surface area contributed by atoms with Crippen LogP contribution in [0.3, 0.4) is 0 Å². The van der Waals surface area contributed by atoms with Crippen molar-refractivity contribution in [2.45, 2.75) is 110 Å². The van der Waals surface area contributed by atoms with Crippen LogP contribution in [0.1, 0.15) is 105 Å². The van der Waals surface area contributed by atoms with Crippen LogP contribution in [0.2, 0.25) is 18.1 Å². The number of rotatable bonds is 14. The maximum absolute atomic E-state index is 14.8. The van der Waals surface area contributed by atoms with E-state index in [0.29, 0.717) is 18.6 Å². The first kappa shape index (κ1) is 45.9. The lowest BCUT2D eigenvalue weighted by atomic mass is 10.00. The van der Waals surface area contributed by atoms with Crippen molar-refractivity contribution < 1.29 is 55.8 Å². The SMILES string of the molecule is CCOC(=O)c1cc(C(=O)OCC)cc(C(=O)N2CCN(C(=O)C[C@@H](Cc3cc(F)c(F)cc3F)NC(=O)OC(C)(C)C)[C@H](CCO[Si](C)(C)C(C)(C)C)C2)c1. The minimum absolute atomic E-state index is 0.00473. The van der Waals surface area contributed by atoms with E-state index in [1.807, 2.05) is 0 Å². The smallest absolute Gasteiger partial charge is 0.407 e. The number of amides is 3. The van der Waals surface area contributed by atoms with E-state index in [9.17, 15) is 37.1 Å². The monoisotopic (exact) mass is 807 g/mol. The zero-order valence-electron chi connectivity index (χ0n) is 34.1. The quantitative estimate of drug-likeness (QED) is 0.0921. The Morgan fingerprint density at radius 3 is 1.91 bits per heavy atom. The summed E-state index contributed by atoms with van der Waals surface area (Å²) < 4.78 is 64.8. The molecule has 3 rings (SSSR count). The van der Waals surface area contributed by atoms with Crippen molar-refractivity contribution in [3.63, 3.8) is 0 Å². The van der Waals surface area contributed by atoms with Gasteiger partial charge in [-0.25, -0.2) is 27.6 Å². The van der Waals surface area contributed by atoms with Crippen LogP contribution in [0.15, 0.2) is 30.3 Å². The number of carbonyl (C=O) groups is 5. The topological polar surface area (TPSA) is 141 Å². The Labute approximate surface area is 328 Å². The number of hydrogen-bond acceptors (Lipinski definition) is 9. The van der Waals surface area contributed by atoms with Crippen molar-refractivity contribution in [1.82, 2.24) is 15.1 Å². The van der Waals surface area contributed by atoms with E-state index in [4.69, 9.17) is 18.6 Å². The highest BCUT2D eigenvalue weighted by Gasteiger charge is 2.39. The first-order valence-corrected chi connectivity index (χ1v) is 21.7. The van der Waals surface area contributed by atoms with Gasteiger partial charge in [0.25, 0.3) is 5.91 Å². The summed E-state index contributed by atoms with van der Waals surface area (Å²) >= 11 is 0. The Bertz CT molecular complexity index is 1720. The molecule has 2 aromatic rings. The van der Waals surface area contributed by atoms with E-state index in [-0.39, 0.29) is 79.6 Å². The average Bonchev–Trinajstić information content (AvgIpc) is 3.08. The molecule has 56 heavy (non-hydrogen) atoms. The van der Waals surface area contributed by atoms with Crippen molar-refractivity contribution in [3.8, 4) is 0 Å². The fourth-order valence-corrected chi connectivity index (χ4v) is 6.90. The second-order valence-electron chi connectivity index (χ2n) is 16.2. The Morgan fingerprint density at radius 2 is 1.38 bits per heavy atom. The Balaban J connectivity index is 1.96. The Morgan fingerprint density at radius 1 is 0.821 bits per heavy atom. The molecule has 16 heteroatoms. The first-order valence-electron chi connectivity index (χ1n) is 18.8. The van der Waals surface area contributed by atoms with Crippen LogP contribution in [0.5, 0.6) is 0 Å². The number of nitrogens with one attached hydrogen (secondary N) is 1. The van der Waals surface area contributed by atoms with E-state index in [1.54, 1.807) is 39.5 Å². The van der Waals surface area contributed by atoms with Crippen LogP contribution in [-0.4, -0.2) is 105 Å². The van der Waals surface area contributed by atoms with Crippen molar-refractivity contribution >= 4 is 38.2 Å². The molecule has 0 unspecified atom stereocenters. The molecule has 1 aliphatic rings. The van der Waals surface area contributed by atoms with Crippen molar-refractivity contribution in [3.05, 3.63) is 70.0 Å². The maximum Gasteiger partial charge on any atom is 0.407 e. The Kier molecular flexibility index (Phi) is 15.7. The van der Waals surface area contributed by atoms with Crippen LogP contribution in [-0.2, 0) is 29.9 Å². The fourth-order valence-electron chi connectivity index (χ4n) is 5.84. The molecule has 0 saturated carbocycles. The van der Waals surface area contributed by atoms with E-state index in [1.165, 1.54) is 23.1 Å². The van der Waals surface area contributed by atoms with Gasteiger partial charge in [-0.3, -0.25) is 9.59 Å². The number of piperazine rings is 1. The molecule has 1 heterocycles. The number of ether oxygens (including phenoxy) is 3. The predicted molar refractivity (Wildman–Crippen MR) is 205 cm³/mol. The highest BCUT2D eigenvalue weighted by atomic mass is 28.4. The molecule has 1 aliphatic heterocycles. The predicted octanol–water partition coefficient (Wildman–Crippen LogP) is 7.05. The minimum Gasteiger partial charge on any atom is -0.462 e. The molecular weight excluding hydrogens is 752 g/mol. The van der Waals surface area contributed by atoms with E-state index >= 15 is 0 Å². The summed E-state index contributed by atoms with van der Waals surface area (Å²) in [5.74, 6) is -6.09. The van der Waals surface area contributed by atoms with Gasteiger partial charge in [0, 0.05) is 50.3 Å². The van der Waals surface area contributed by atoms with Gasteiger partial charge in [-0.2, -0.15) is 0 Å². The highest BCUT2D eigenvalue weighted by molar-refractivity contribution is 6.74. The molecule has 1 fully saturated rings. The van der Waals surface area contributed by atoms with Crippen LogP contribution in [0, 0.1) is 17.5 Å². The lowest BCUT2D eigenvalue weighted by molar-refractivity contribution is -0.136. The molecule has 1 N–H and O–H groups in total. The molecule has 0 bridgehead atoms. The number of halogens is 3. The summed E-state index contributed by atoms with van der Waals surface area (Å²) in [7, 11) is -2.23. The summed E-state index contributed by atoms with van der Waals surface area (Å²) in [5, 5.41) is 2.49. The number of alkyl carbamates (subject to hydrolysis) is 1. The van der Waals surface area contributed by atoms with Gasteiger partial charge in [0.15, 0.2) is 20.0 Å². The largest absolute Gasteiger partial charge is 0.462 e. The zero-order valence-corrected chi connectivity index (χ0v) is 35.1. The number of esters is 2. The standard InChI is InChI=1S/C40H56F3N3O9Si/c1-11-52-36(49)27-17-26(18-28(19-27)37(50)53-12-2)35(48)45-14-15-46(30(24-45)13-16-54-56(9,10)40(6,7)8)34(47)22-29(44-38(51)55-39(3,4)5)20-25-21-32(42)33(43)23-31(25)41/h17-19,21,23,29-30H,11-16,20,22,24H2,1-10H3,(H,44,51)/t29-,30-/m1/s1. The molecule has 310 valence electrons. The van der Waals surface area contributed by atoms with E-state index in [0.717, 1.165) is 0 Å². The minimum atomic E-state index is -2.23. The molecule has 3 amide bonds. The van der Waals surface area contributed by atoms with Gasteiger partial charge in [0.05, 0.1) is 30.4 Å². The third-order valence-corrected chi connectivity index (χ3v) is 14.2. The number of hydrogen-bond donors (Lipinski definition) is 1. The van der Waals surface area contributed by atoms with Gasteiger partial charge in [0.2, 0.25) is 5.91 Å². The average molecular weight is 808 g/mol. The molecular formula is C40H56F3N3O9Si. The van der Waals surface area contributed by atoms with Crippen molar-refractivity contribution in [2.24, 2.45) is 0 Å². The first-order chi connectivity index (χ1) is 26.0. The summed E-state index contributed by atoms with van der Waals surface area (Å²) in [5.41, 5.74) is -1.12. The second kappa shape index (κ2) is 19.1. The molecule has 0 radical (unpaired) electrons. The molecule has 2 atom stereocenters. The summed E-state index contributed by atoms with van der Waals surface area (Å²) in [6.07, 6.45) is -1.29. The third-order valence-electron chi connectivity index (χ3n) is 9.71. The third kappa shape index (κ3) is 12.8. The van der Waals surface area contributed by atoms with Crippen LogP contribution in [0.25, 0.3) is 0 Å². The van der Waals surface area contributed by atoms with Crippen LogP contribution >= 0.6 is 0 Å². The number of nitrogens with zero attached hydrogens (tertiary/aromatic N) is 2. The summed E-state index contributed by atoms with van der Waals surface area (Å²) in [6, 6.07) is 3.41. The van der Waals surface area contributed by atoms with Crippen LogP contribution < -0.4 is 5.32 Å². The van der Waals surface area contributed by atoms with Gasteiger partial charge < -0.3 is 33.8 Å². The van der Waals surface area contributed by atoms with Gasteiger partial charge in [0.1, 0.15) is 11.4 Å². The molecule has 12 nitrogen and oxygen atoms in total. The van der Waals surface area contributed by atoms with Gasteiger partial charge in [-0.1, -0.05) is 20.8 Å². The molecule has 0 aromatic heterocycles. The highest BCUT2D eigenvalue weighted by Crippen LogP contribution is 2.37. The van der Waals surface area contributed by atoms with Gasteiger partial charge in [-0.15, -0.1) is 0 Å². The summed E-state index contributed by atoms with van der Waals surface area (Å²) in [4.78, 5) is 69.6. The molecule has 1 saturated heterocycles. The van der Waals surface area contributed by atoms with Crippen molar-refractivity contribution in [1.29, 1.82) is 0 Å². The van der Waals surface area contributed by atoms with E-state index < -0.39 is 73.3 Å². The fraction of sp³-hybridized carbons (Fsp3) is 0.575. The van der Waals surface area contributed by atoms with Crippen molar-refractivity contribution in [2.75, 3.05) is 39.5 Å². The number of carbonyl (C=O) groups excluding carboxylic acids is 5. The maximum atomic E-state index is 14.8. The molecule has 0 aliphatic carbocycles. The lowest BCUT2D eigenvalue weighted by Gasteiger charge is -2.43. The summed E-state index contributed by atoms with van der Waals surface area (Å²) in [6.45, 7) is 19.2. The van der Waals surface area contributed by atoms with Crippen LogP contribution in [0.4, 0.5) is 18.0 Å². The second-order valence-corrected chi connectivity index (χ2v) is 21.0. The Hall–Kier alpha value is -4.44.